The molecule has 120 valence electrons. The third-order valence-corrected chi connectivity index (χ3v) is 3.93. The molecule has 0 aliphatic carbocycles. The van der Waals surface area contributed by atoms with Gasteiger partial charge in [0.15, 0.2) is 5.75 Å². The summed E-state index contributed by atoms with van der Waals surface area (Å²) in [6.07, 6.45) is 3.18. The van der Waals surface area contributed by atoms with E-state index in [1.807, 2.05) is 37.9 Å². The highest BCUT2D eigenvalue weighted by atomic mass is 16.5. The van der Waals surface area contributed by atoms with Gasteiger partial charge >= 0.3 is 0 Å². The number of piperazine rings is 1. The lowest BCUT2D eigenvalue weighted by Crippen LogP contribution is -2.49. The third kappa shape index (κ3) is 3.08. The minimum Gasteiger partial charge on any atom is -0.437 e. The van der Waals surface area contributed by atoms with Gasteiger partial charge in [-0.3, -0.25) is 9.78 Å². The molecular formula is C16H19N5O2. The Kier molecular flexibility index (Phi) is 4.10. The average Bonchev–Trinajstić information content (AvgIpc) is 2.54. The molecule has 1 amide bonds. The standard InChI is InChI=1S/C16H19N5O2/c1-11-15(21-8-7-20(3)14(22)9-21)18-10-19-16(11)23-13-5-4-6-17-12(13)2/h4-6,10H,7-9H2,1-3H3. The number of hydrogen-bond donors (Lipinski definition) is 0. The quantitative estimate of drug-likeness (QED) is 0.856. The van der Waals surface area contributed by atoms with Crippen molar-refractivity contribution in [1.82, 2.24) is 19.9 Å². The van der Waals surface area contributed by atoms with Crippen molar-refractivity contribution in [3.05, 3.63) is 35.9 Å². The van der Waals surface area contributed by atoms with E-state index in [4.69, 9.17) is 4.74 Å². The number of ether oxygens (including phenoxy) is 1. The fourth-order valence-corrected chi connectivity index (χ4v) is 2.47. The van der Waals surface area contributed by atoms with Crippen molar-refractivity contribution in [3.8, 4) is 11.6 Å². The largest absolute Gasteiger partial charge is 0.437 e. The Labute approximate surface area is 134 Å². The van der Waals surface area contributed by atoms with Gasteiger partial charge in [0, 0.05) is 26.3 Å². The maximum atomic E-state index is 11.9. The molecule has 0 N–H and O–H groups in total. The number of aryl methyl sites for hydroxylation is 1. The minimum atomic E-state index is 0.0832. The normalized spacial score (nSPS) is 15.0. The van der Waals surface area contributed by atoms with Gasteiger partial charge in [-0.2, -0.15) is 0 Å². The molecular weight excluding hydrogens is 294 g/mol. The molecule has 0 saturated carbocycles. The second kappa shape index (κ2) is 6.20. The van der Waals surface area contributed by atoms with Gasteiger partial charge in [-0.25, -0.2) is 9.97 Å². The third-order valence-electron chi connectivity index (χ3n) is 3.93. The zero-order valence-electron chi connectivity index (χ0n) is 13.5. The first-order chi connectivity index (χ1) is 11.1. The lowest BCUT2D eigenvalue weighted by molar-refractivity contribution is -0.129. The van der Waals surface area contributed by atoms with Crippen molar-refractivity contribution in [2.24, 2.45) is 0 Å². The lowest BCUT2D eigenvalue weighted by atomic mass is 10.2. The molecule has 7 nitrogen and oxygen atoms in total. The van der Waals surface area contributed by atoms with E-state index < -0.39 is 0 Å². The summed E-state index contributed by atoms with van der Waals surface area (Å²) in [5.41, 5.74) is 1.61. The van der Waals surface area contributed by atoms with Crippen LogP contribution < -0.4 is 9.64 Å². The van der Waals surface area contributed by atoms with E-state index in [1.54, 1.807) is 11.1 Å². The minimum absolute atomic E-state index is 0.0832. The van der Waals surface area contributed by atoms with Gasteiger partial charge in [0.05, 0.1) is 17.8 Å². The summed E-state index contributed by atoms with van der Waals surface area (Å²) >= 11 is 0. The number of aromatic nitrogens is 3. The Morgan fingerprint density at radius 2 is 2.00 bits per heavy atom. The molecule has 1 aliphatic rings. The number of anilines is 1. The van der Waals surface area contributed by atoms with E-state index in [2.05, 4.69) is 15.0 Å². The highest BCUT2D eigenvalue weighted by Gasteiger charge is 2.24. The molecule has 0 aromatic carbocycles. The van der Waals surface area contributed by atoms with Gasteiger partial charge in [-0.1, -0.05) is 0 Å². The molecule has 1 fully saturated rings. The maximum Gasteiger partial charge on any atom is 0.241 e. The van der Waals surface area contributed by atoms with Gasteiger partial charge < -0.3 is 14.5 Å². The van der Waals surface area contributed by atoms with Crippen LogP contribution in [0.1, 0.15) is 11.3 Å². The molecule has 2 aromatic heterocycles. The molecule has 3 rings (SSSR count). The van der Waals surface area contributed by atoms with Crippen molar-refractivity contribution in [2.75, 3.05) is 31.6 Å². The van der Waals surface area contributed by atoms with Gasteiger partial charge in [0.1, 0.15) is 12.1 Å². The Balaban J connectivity index is 1.87. The molecule has 3 heterocycles. The molecule has 2 aromatic rings. The predicted molar refractivity (Wildman–Crippen MR) is 85.7 cm³/mol. The maximum absolute atomic E-state index is 11.9. The number of pyridine rings is 1. The summed E-state index contributed by atoms with van der Waals surface area (Å²) in [6.45, 7) is 5.52. The lowest BCUT2D eigenvalue weighted by Gasteiger charge is -2.33. The number of carbonyl (C=O) groups is 1. The number of rotatable bonds is 3. The second-order valence-corrected chi connectivity index (χ2v) is 5.55. The molecule has 0 radical (unpaired) electrons. The molecule has 0 spiro atoms. The summed E-state index contributed by atoms with van der Waals surface area (Å²) in [6, 6.07) is 3.67. The van der Waals surface area contributed by atoms with Gasteiger partial charge in [0.2, 0.25) is 11.8 Å². The van der Waals surface area contributed by atoms with Crippen LogP contribution in [0.15, 0.2) is 24.7 Å². The average molecular weight is 313 g/mol. The summed E-state index contributed by atoms with van der Waals surface area (Å²) < 4.78 is 5.88. The van der Waals surface area contributed by atoms with E-state index in [9.17, 15) is 4.79 Å². The van der Waals surface area contributed by atoms with E-state index in [1.165, 1.54) is 6.33 Å². The van der Waals surface area contributed by atoms with Gasteiger partial charge in [-0.05, 0) is 26.0 Å². The molecule has 7 heteroatoms. The summed E-state index contributed by atoms with van der Waals surface area (Å²) in [5, 5.41) is 0. The van der Waals surface area contributed by atoms with Gasteiger partial charge in [-0.15, -0.1) is 0 Å². The van der Waals surface area contributed by atoms with Crippen LogP contribution in [0.4, 0.5) is 5.82 Å². The number of hydrogen-bond acceptors (Lipinski definition) is 6. The number of amides is 1. The van der Waals surface area contributed by atoms with Crippen LogP contribution in [-0.4, -0.2) is 52.4 Å². The number of likely N-dealkylation sites (N-methyl/N-ethyl adjacent to an activating group) is 1. The highest BCUT2D eigenvalue weighted by molar-refractivity contribution is 5.82. The van der Waals surface area contributed by atoms with Crippen LogP contribution in [0.3, 0.4) is 0 Å². The van der Waals surface area contributed by atoms with Crippen LogP contribution in [-0.2, 0) is 4.79 Å². The van der Waals surface area contributed by atoms with Crippen LogP contribution in [0.2, 0.25) is 0 Å². The van der Waals surface area contributed by atoms with Crippen molar-refractivity contribution in [1.29, 1.82) is 0 Å². The fourth-order valence-electron chi connectivity index (χ4n) is 2.47. The zero-order valence-corrected chi connectivity index (χ0v) is 13.5. The van der Waals surface area contributed by atoms with Crippen LogP contribution in [0, 0.1) is 13.8 Å². The summed E-state index contributed by atoms with van der Waals surface area (Å²) in [5.74, 6) is 1.96. The topological polar surface area (TPSA) is 71.5 Å². The molecule has 23 heavy (non-hydrogen) atoms. The van der Waals surface area contributed by atoms with Crippen LogP contribution in [0.5, 0.6) is 11.6 Å². The molecule has 0 atom stereocenters. The van der Waals surface area contributed by atoms with E-state index in [0.29, 0.717) is 24.7 Å². The monoisotopic (exact) mass is 313 g/mol. The molecule has 1 saturated heterocycles. The molecule has 0 bridgehead atoms. The van der Waals surface area contributed by atoms with Crippen molar-refractivity contribution >= 4 is 11.7 Å². The van der Waals surface area contributed by atoms with E-state index in [-0.39, 0.29) is 5.91 Å². The molecule has 0 unspecified atom stereocenters. The molecule has 1 aliphatic heterocycles. The van der Waals surface area contributed by atoms with E-state index in [0.717, 1.165) is 23.6 Å². The summed E-state index contributed by atoms with van der Waals surface area (Å²) in [4.78, 5) is 28.4. The van der Waals surface area contributed by atoms with E-state index >= 15 is 0 Å². The van der Waals surface area contributed by atoms with Crippen molar-refractivity contribution < 1.29 is 9.53 Å². The predicted octanol–water partition coefficient (Wildman–Crippen LogP) is 1.56. The first kappa shape index (κ1) is 15.2. The Morgan fingerprint density at radius 3 is 2.74 bits per heavy atom. The SMILES string of the molecule is Cc1ncccc1Oc1ncnc(N2CCN(C)C(=O)C2)c1C. The van der Waals surface area contributed by atoms with Crippen LogP contribution >= 0.6 is 0 Å². The first-order valence-electron chi connectivity index (χ1n) is 7.46. The zero-order chi connectivity index (χ0) is 16.4. The Hall–Kier alpha value is -2.70. The number of nitrogens with zero attached hydrogens (tertiary/aromatic N) is 5. The smallest absolute Gasteiger partial charge is 0.241 e. The van der Waals surface area contributed by atoms with Crippen molar-refractivity contribution in [3.63, 3.8) is 0 Å². The van der Waals surface area contributed by atoms with Gasteiger partial charge in [0.25, 0.3) is 0 Å². The summed E-state index contributed by atoms with van der Waals surface area (Å²) in [7, 11) is 1.81. The second-order valence-electron chi connectivity index (χ2n) is 5.55. The fraction of sp³-hybridized carbons (Fsp3) is 0.375. The first-order valence-corrected chi connectivity index (χ1v) is 7.46. The Bertz CT molecular complexity index is 734. The van der Waals surface area contributed by atoms with Crippen molar-refractivity contribution in [2.45, 2.75) is 13.8 Å². The Morgan fingerprint density at radius 1 is 1.17 bits per heavy atom. The number of carbonyl (C=O) groups excluding carboxylic acids is 1. The highest BCUT2D eigenvalue weighted by Crippen LogP contribution is 2.29. The van der Waals surface area contributed by atoms with Crippen LogP contribution in [0.25, 0.3) is 0 Å².